The minimum absolute atomic E-state index is 0.187. The second-order valence-electron chi connectivity index (χ2n) is 4.78. The van der Waals surface area contributed by atoms with Crippen LogP contribution in [0.15, 0.2) is 0 Å². The van der Waals surface area contributed by atoms with Crippen molar-refractivity contribution >= 4 is 5.91 Å². The molecule has 0 rings (SSSR count). The van der Waals surface area contributed by atoms with Crippen LogP contribution in [0.3, 0.4) is 0 Å². The Morgan fingerprint density at radius 1 is 1.23 bits per heavy atom. The van der Waals surface area contributed by atoms with E-state index in [0.717, 1.165) is 6.42 Å². The molecule has 0 saturated carbocycles. The molecule has 0 aromatic rings. The van der Waals surface area contributed by atoms with Crippen LogP contribution in [0.25, 0.3) is 0 Å². The molecule has 0 atom stereocenters. The zero-order chi connectivity index (χ0) is 10.6. The molecule has 0 bridgehead atoms. The van der Waals surface area contributed by atoms with E-state index >= 15 is 0 Å². The van der Waals surface area contributed by atoms with E-state index in [9.17, 15) is 4.79 Å². The maximum absolute atomic E-state index is 10.7. The van der Waals surface area contributed by atoms with E-state index in [1.54, 1.807) is 0 Å². The van der Waals surface area contributed by atoms with E-state index in [4.69, 9.17) is 5.73 Å². The standard InChI is InChI=1S/C11H23NO/c1-8(2)11(5,9(3)4)7-6-10(12)13/h8-9H,6-7H2,1-5H3,(H2,12,13). The lowest BCUT2D eigenvalue weighted by Crippen LogP contribution is -2.31. The molecule has 0 heterocycles. The molecule has 2 N–H and O–H groups in total. The third-order valence-electron chi connectivity index (χ3n) is 3.55. The molecular weight excluding hydrogens is 162 g/mol. The molecular formula is C11H23NO. The maximum atomic E-state index is 10.7. The second kappa shape index (κ2) is 4.64. The summed E-state index contributed by atoms with van der Waals surface area (Å²) in [7, 11) is 0. The zero-order valence-corrected chi connectivity index (χ0v) is 9.55. The summed E-state index contributed by atoms with van der Waals surface area (Å²) < 4.78 is 0. The Hall–Kier alpha value is -0.530. The Morgan fingerprint density at radius 3 is 1.85 bits per heavy atom. The van der Waals surface area contributed by atoms with E-state index in [1.807, 2.05) is 0 Å². The van der Waals surface area contributed by atoms with Crippen molar-refractivity contribution in [2.24, 2.45) is 23.0 Å². The molecule has 0 saturated heterocycles. The van der Waals surface area contributed by atoms with Crippen molar-refractivity contribution in [1.29, 1.82) is 0 Å². The highest BCUT2D eigenvalue weighted by atomic mass is 16.1. The fraction of sp³-hybridized carbons (Fsp3) is 0.909. The molecule has 0 aliphatic heterocycles. The normalized spacial score (nSPS) is 12.5. The van der Waals surface area contributed by atoms with E-state index in [1.165, 1.54) is 0 Å². The minimum atomic E-state index is -0.187. The van der Waals surface area contributed by atoms with Gasteiger partial charge in [0.05, 0.1) is 0 Å². The first-order valence-corrected chi connectivity index (χ1v) is 5.09. The molecule has 0 aromatic carbocycles. The minimum Gasteiger partial charge on any atom is -0.370 e. The molecule has 0 radical (unpaired) electrons. The Morgan fingerprint density at radius 2 is 1.62 bits per heavy atom. The molecule has 0 fully saturated rings. The van der Waals surface area contributed by atoms with Crippen LogP contribution in [0.5, 0.6) is 0 Å². The SMILES string of the molecule is CC(C)C(C)(CCC(N)=O)C(C)C. The monoisotopic (exact) mass is 185 g/mol. The zero-order valence-electron chi connectivity index (χ0n) is 9.55. The summed E-state index contributed by atoms with van der Waals surface area (Å²) in [4.78, 5) is 10.7. The van der Waals surface area contributed by atoms with Crippen molar-refractivity contribution in [3.05, 3.63) is 0 Å². The van der Waals surface area contributed by atoms with Crippen LogP contribution < -0.4 is 5.73 Å². The summed E-state index contributed by atoms with van der Waals surface area (Å²) in [6.45, 7) is 11.1. The van der Waals surface area contributed by atoms with Gasteiger partial charge in [0.25, 0.3) is 0 Å². The summed E-state index contributed by atoms with van der Waals surface area (Å²) in [6, 6.07) is 0. The Labute approximate surface area is 81.9 Å². The van der Waals surface area contributed by atoms with Crippen LogP contribution in [0.2, 0.25) is 0 Å². The molecule has 78 valence electrons. The van der Waals surface area contributed by atoms with Crippen molar-refractivity contribution in [2.75, 3.05) is 0 Å². The van der Waals surface area contributed by atoms with Crippen molar-refractivity contribution < 1.29 is 4.79 Å². The van der Waals surface area contributed by atoms with Crippen LogP contribution >= 0.6 is 0 Å². The first-order chi connectivity index (χ1) is 5.80. The Bertz CT molecular complexity index is 165. The van der Waals surface area contributed by atoms with E-state index in [2.05, 4.69) is 34.6 Å². The highest BCUT2D eigenvalue weighted by Crippen LogP contribution is 2.39. The molecule has 2 heteroatoms. The van der Waals surface area contributed by atoms with Crippen molar-refractivity contribution in [1.82, 2.24) is 0 Å². The first kappa shape index (κ1) is 12.5. The molecule has 0 aliphatic carbocycles. The summed E-state index contributed by atoms with van der Waals surface area (Å²) in [5.41, 5.74) is 5.39. The first-order valence-electron chi connectivity index (χ1n) is 5.09. The highest BCUT2D eigenvalue weighted by Gasteiger charge is 2.31. The van der Waals surface area contributed by atoms with E-state index < -0.39 is 0 Å². The van der Waals surface area contributed by atoms with Crippen LogP contribution in [0.4, 0.5) is 0 Å². The lowest BCUT2D eigenvalue weighted by atomic mass is 9.68. The topological polar surface area (TPSA) is 43.1 Å². The summed E-state index contributed by atoms with van der Waals surface area (Å²) in [5.74, 6) is 0.992. The van der Waals surface area contributed by atoms with Gasteiger partial charge in [-0.1, -0.05) is 34.6 Å². The third-order valence-corrected chi connectivity index (χ3v) is 3.55. The fourth-order valence-electron chi connectivity index (χ4n) is 1.64. The van der Waals surface area contributed by atoms with Gasteiger partial charge in [-0.05, 0) is 23.7 Å². The molecule has 0 aliphatic rings. The molecule has 0 unspecified atom stereocenters. The van der Waals surface area contributed by atoms with Gasteiger partial charge in [0, 0.05) is 6.42 Å². The van der Waals surface area contributed by atoms with Gasteiger partial charge in [-0.2, -0.15) is 0 Å². The lowest BCUT2D eigenvalue weighted by molar-refractivity contribution is -0.118. The Balaban J connectivity index is 4.33. The predicted molar refractivity (Wildman–Crippen MR) is 56.2 cm³/mol. The van der Waals surface area contributed by atoms with Crippen molar-refractivity contribution in [3.63, 3.8) is 0 Å². The summed E-state index contributed by atoms with van der Waals surface area (Å²) in [5, 5.41) is 0. The van der Waals surface area contributed by atoms with Gasteiger partial charge in [0.2, 0.25) is 5.91 Å². The van der Waals surface area contributed by atoms with E-state index in [-0.39, 0.29) is 11.3 Å². The highest BCUT2D eigenvalue weighted by molar-refractivity contribution is 5.73. The average molecular weight is 185 g/mol. The number of carbonyl (C=O) groups is 1. The van der Waals surface area contributed by atoms with Gasteiger partial charge < -0.3 is 5.73 Å². The smallest absolute Gasteiger partial charge is 0.217 e. The number of hydrogen-bond acceptors (Lipinski definition) is 1. The quantitative estimate of drug-likeness (QED) is 0.703. The van der Waals surface area contributed by atoms with Crippen molar-refractivity contribution in [2.45, 2.75) is 47.5 Å². The number of amides is 1. The number of rotatable bonds is 5. The maximum Gasteiger partial charge on any atom is 0.217 e. The number of hydrogen-bond donors (Lipinski definition) is 1. The number of primary amides is 1. The van der Waals surface area contributed by atoms with Crippen LogP contribution in [-0.4, -0.2) is 5.91 Å². The molecule has 2 nitrogen and oxygen atoms in total. The summed E-state index contributed by atoms with van der Waals surface area (Å²) in [6.07, 6.45) is 1.41. The number of nitrogens with two attached hydrogens (primary N) is 1. The second-order valence-corrected chi connectivity index (χ2v) is 4.78. The predicted octanol–water partition coefficient (Wildman–Crippen LogP) is 2.57. The van der Waals surface area contributed by atoms with Gasteiger partial charge >= 0.3 is 0 Å². The molecule has 0 aromatic heterocycles. The molecule has 13 heavy (non-hydrogen) atoms. The largest absolute Gasteiger partial charge is 0.370 e. The number of carbonyl (C=O) groups excluding carboxylic acids is 1. The lowest BCUT2D eigenvalue weighted by Gasteiger charge is -2.37. The summed E-state index contributed by atoms with van der Waals surface area (Å²) >= 11 is 0. The Kier molecular flexibility index (Phi) is 4.45. The van der Waals surface area contributed by atoms with Gasteiger partial charge in [-0.3, -0.25) is 4.79 Å². The van der Waals surface area contributed by atoms with E-state index in [0.29, 0.717) is 18.3 Å². The third kappa shape index (κ3) is 3.37. The van der Waals surface area contributed by atoms with Crippen LogP contribution in [0, 0.1) is 17.3 Å². The van der Waals surface area contributed by atoms with Gasteiger partial charge in [-0.25, -0.2) is 0 Å². The molecule has 1 amide bonds. The van der Waals surface area contributed by atoms with Gasteiger partial charge in [0.15, 0.2) is 0 Å². The average Bonchev–Trinajstić information content (AvgIpc) is 1.99. The van der Waals surface area contributed by atoms with Gasteiger partial charge in [-0.15, -0.1) is 0 Å². The van der Waals surface area contributed by atoms with Crippen LogP contribution in [-0.2, 0) is 4.79 Å². The fourth-order valence-corrected chi connectivity index (χ4v) is 1.64. The van der Waals surface area contributed by atoms with Gasteiger partial charge in [0.1, 0.15) is 0 Å². The van der Waals surface area contributed by atoms with Crippen LogP contribution in [0.1, 0.15) is 47.5 Å². The van der Waals surface area contributed by atoms with Crippen molar-refractivity contribution in [3.8, 4) is 0 Å². The molecule has 0 spiro atoms.